The molecule has 0 aromatic heterocycles. The fourth-order valence-electron chi connectivity index (χ4n) is 1.27. The van der Waals surface area contributed by atoms with Gasteiger partial charge in [0.15, 0.2) is 0 Å². The molecule has 0 aromatic rings. The highest BCUT2D eigenvalue weighted by Gasteiger charge is 2.17. The Morgan fingerprint density at radius 3 is 2.07 bits per heavy atom. The van der Waals surface area contributed by atoms with Gasteiger partial charge in [-0.2, -0.15) is 0 Å². The summed E-state index contributed by atoms with van der Waals surface area (Å²) >= 11 is 0. The average Bonchev–Trinajstić information content (AvgIpc) is 2.15. The Morgan fingerprint density at radius 1 is 1.14 bits per heavy atom. The Labute approximate surface area is 86.6 Å². The number of hydrogen-bond donors (Lipinski definition) is 2. The molecule has 0 aliphatic carbocycles. The Kier molecular flexibility index (Phi) is 8.08. The van der Waals surface area contributed by atoms with E-state index in [4.69, 9.17) is 14.6 Å². The summed E-state index contributed by atoms with van der Waals surface area (Å²) in [4.78, 5) is 0. The van der Waals surface area contributed by atoms with Gasteiger partial charge < -0.3 is 19.9 Å². The number of aliphatic hydroxyl groups is 1. The minimum atomic E-state index is -0.0115. The molecule has 0 radical (unpaired) electrons. The molecule has 86 valence electrons. The van der Waals surface area contributed by atoms with E-state index in [1.54, 1.807) is 14.2 Å². The lowest BCUT2D eigenvalue weighted by molar-refractivity contribution is 0.0924. The van der Waals surface area contributed by atoms with Crippen molar-refractivity contribution in [1.29, 1.82) is 0 Å². The third-order valence-electron chi connectivity index (χ3n) is 2.19. The second kappa shape index (κ2) is 8.17. The monoisotopic (exact) mass is 205 g/mol. The predicted octanol–water partition coefficient (Wildman–Crippen LogP) is 0.254. The van der Waals surface area contributed by atoms with Crippen molar-refractivity contribution >= 4 is 0 Å². The number of hydrogen-bond acceptors (Lipinski definition) is 4. The highest BCUT2D eigenvalue weighted by Crippen LogP contribution is 2.03. The van der Waals surface area contributed by atoms with Crippen molar-refractivity contribution in [3.63, 3.8) is 0 Å². The van der Waals surface area contributed by atoms with Crippen LogP contribution in [0.15, 0.2) is 0 Å². The van der Waals surface area contributed by atoms with Crippen LogP contribution in [0.1, 0.15) is 13.8 Å². The van der Waals surface area contributed by atoms with Gasteiger partial charge in [0.25, 0.3) is 0 Å². The van der Waals surface area contributed by atoms with E-state index in [0.717, 1.165) is 0 Å². The van der Waals surface area contributed by atoms with Gasteiger partial charge in [-0.1, -0.05) is 13.8 Å². The summed E-state index contributed by atoms with van der Waals surface area (Å²) in [7, 11) is 3.31. The van der Waals surface area contributed by atoms with E-state index in [9.17, 15) is 0 Å². The maximum absolute atomic E-state index is 9.07. The van der Waals surface area contributed by atoms with Crippen molar-refractivity contribution in [2.75, 3.05) is 34.0 Å². The van der Waals surface area contributed by atoms with Gasteiger partial charge in [0, 0.05) is 20.3 Å². The third-order valence-corrected chi connectivity index (χ3v) is 2.19. The zero-order chi connectivity index (χ0) is 11.0. The summed E-state index contributed by atoms with van der Waals surface area (Å²) in [5.41, 5.74) is 0. The molecule has 2 N–H and O–H groups in total. The van der Waals surface area contributed by atoms with Gasteiger partial charge in [0.1, 0.15) is 0 Å². The van der Waals surface area contributed by atoms with E-state index in [1.807, 2.05) is 0 Å². The molecule has 0 aliphatic heterocycles. The second-order valence-corrected chi connectivity index (χ2v) is 3.81. The molecular formula is C10H23NO3. The van der Waals surface area contributed by atoms with Crippen LogP contribution in [0.3, 0.4) is 0 Å². The lowest BCUT2D eigenvalue weighted by atomic mass is 10.0. The lowest BCUT2D eigenvalue weighted by Crippen LogP contribution is -2.47. The largest absolute Gasteiger partial charge is 0.395 e. The van der Waals surface area contributed by atoms with Crippen molar-refractivity contribution in [1.82, 2.24) is 5.32 Å². The Bertz CT molecular complexity index is 131. The van der Waals surface area contributed by atoms with Gasteiger partial charge in [-0.25, -0.2) is 0 Å². The molecule has 0 rings (SSSR count). The summed E-state index contributed by atoms with van der Waals surface area (Å²) in [6, 6.07) is 0.245. The molecule has 2 atom stereocenters. The molecule has 0 fully saturated rings. The first-order chi connectivity index (χ1) is 6.65. The standard InChI is InChI=1S/C10H23NO3/c1-8(2)10(7-14-4)11-9(5-12)6-13-3/h8-12H,5-7H2,1-4H3. The highest BCUT2D eigenvalue weighted by molar-refractivity contribution is 4.75. The van der Waals surface area contributed by atoms with Crippen molar-refractivity contribution < 1.29 is 14.6 Å². The van der Waals surface area contributed by atoms with Gasteiger partial charge in [-0.15, -0.1) is 0 Å². The molecule has 0 heterocycles. The van der Waals surface area contributed by atoms with Crippen LogP contribution in [0.2, 0.25) is 0 Å². The van der Waals surface area contributed by atoms with Gasteiger partial charge in [0.2, 0.25) is 0 Å². The first-order valence-electron chi connectivity index (χ1n) is 5.00. The van der Waals surface area contributed by atoms with Crippen molar-refractivity contribution in [2.24, 2.45) is 5.92 Å². The van der Waals surface area contributed by atoms with Crippen LogP contribution in [-0.2, 0) is 9.47 Å². The van der Waals surface area contributed by atoms with Crippen LogP contribution >= 0.6 is 0 Å². The first kappa shape index (κ1) is 13.8. The van der Waals surface area contributed by atoms with Gasteiger partial charge in [0.05, 0.1) is 25.9 Å². The average molecular weight is 205 g/mol. The summed E-state index contributed by atoms with van der Waals surface area (Å²) in [5, 5.41) is 12.4. The molecule has 4 heteroatoms. The van der Waals surface area contributed by atoms with E-state index >= 15 is 0 Å². The Hall–Kier alpha value is -0.160. The zero-order valence-corrected chi connectivity index (χ0v) is 9.62. The summed E-state index contributed by atoms with van der Waals surface area (Å²) in [6.07, 6.45) is 0. The number of aliphatic hydroxyl groups excluding tert-OH is 1. The topological polar surface area (TPSA) is 50.7 Å². The summed E-state index contributed by atoms with van der Waals surface area (Å²) in [5.74, 6) is 0.473. The maximum atomic E-state index is 9.07. The van der Waals surface area contributed by atoms with Gasteiger partial charge in [-0.05, 0) is 5.92 Å². The molecule has 0 bridgehead atoms. The Morgan fingerprint density at radius 2 is 1.71 bits per heavy atom. The van der Waals surface area contributed by atoms with E-state index in [2.05, 4.69) is 19.2 Å². The SMILES string of the molecule is COCC(CO)NC(COC)C(C)C. The molecule has 14 heavy (non-hydrogen) atoms. The van der Waals surface area contributed by atoms with Gasteiger partial charge in [-0.3, -0.25) is 0 Å². The van der Waals surface area contributed by atoms with E-state index in [-0.39, 0.29) is 18.7 Å². The molecule has 0 aromatic carbocycles. The van der Waals surface area contributed by atoms with Crippen LogP contribution in [0.5, 0.6) is 0 Å². The third kappa shape index (κ3) is 5.54. The smallest absolute Gasteiger partial charge is 0.0638 e. The van der Waals surface area contributed by atoms with Crippen LogP contribution in [0.25, 0.3) is 0 Å². The number of rotatable bonds is 8. The van der Waals surface area contributed by atoms with Crippen LogP contribution < -0.4 is 5.32 Å². The van der Waals surface area contributed by atoms with E-state index in [1.165, 1.54) is 0 Å². The second-order valence-electron chi connectivity index (χ2n) is 3.81. The Balaban J connectivity index is 3.97. The summed E-state index contributed by atoms with van der Waals surface area (Å²) in [6.45, 7) is 5.50. The lowest BCUT2D eigenvalue weighted by Gasteiger charge is -2.26. The molecule has 0 saturated carbocycles. The molecule has 0 amide bonds. The molecule has 0 saturated heterocycles. The van der Waals surface area contributed by atoms with Crippen molar-refractivity contribution in [3.8, 4) is 0 Å². The van der Waals surface area contributed by atoms with Crippen molar-refractivity contribution in [2.45, 2.75) is 25.9 Å². The quantitative estimate of drug-likeness (QED) is 0.596. The van der Waals surface area contributed by atoms with Crippen LogP contribution in [0, 0.1) is 5.92 Å². The minimum Gasteiger partial charge on any atom is -0.395 e. The minimum absolute atomic E-state index is 0.0115. The number of methoxy groups -OCH3 is 2. The van der Waals surface area contributed by atoms with Crippen molar-refractivity contribution in [3.05, 3.63) is 0 Å². The molecule has 0 aliphatic rings. The number of nitrogens with one attached hydrogen (secondary N) is 1. The van der Waals surface area contributed by atoms with Crippen LogP contribution in [-0.4, -0.2) is 51.2 Å². The zero-order valence-electron chi connectivity index (χ0n) is 9.62. The molecule has 0 spiro atoms. The molecule has 4 nitrogen and oxygen atoms in total. The molecular weight excluding hydrogens is 182 g/mol. The number of ether oxygens (including phenoxy) is 2. The van der Waals surface area contributed by atoms with Gasteiger partial charge >= 0.3 is 0 Å². The fraction of sp³-hybridized carbons (Fsp3) is 1.00. The summed E-state index contributed by atoms with van der Waals surface area (Å²) < 4.78 is 10.1. The van der Waals surface area contributed by atoms with E-state index < -0.39 is 0 Å². The molecule has 2 unspecified atom stereocenters. The first-order valence-corrected chi connectivity index (χ1v) is 5.00. The highest BCUT2D eigenvalue weighted by atomic mass is 16.5. The predicted molar refractivity (Wildman–Crippen MR) is 56.4 cm³/mol. The van der Waals surface area contributed by atoms with Crippen LogP contribution in [0.4, 0.5) is 0 Å². The van der Waals surface area contributed by atoms with E-state index in [0.29, 0.717) is 19.1 Å². The normalized spacial score (nSPS) is 15.9. The maximum Gasteiger partial charge on any atom is 0.0638 e. The fourth-order valence-corrected chi connectivity index (χ4v) is 1.27.